The number of hydrogen-bond acceptors (Lipinski definition) is 5. The van der Waals surface area contributed by atoms with E-state index in [2.05, 4.69) is 5.32 Å². The van der Waals surface area contributed by atoms with Crippen molar-refractivity contribution in [3.05, 3.63) is 30.3 Å². The molecule has 2 N–H and O–H groups in total. The Hall–Kier alpha value is -1.45. The number of carbonyl (C=O) groups is 2. The Labute approximate surface area is 155 Å². The molecule has 23 heavy (non-hydrogen) atoms. The number of carbonyl (C=O) groups excluding carboxylic acids is 2. The van der Waals surface area contributed by atoms with Crippen molar-refractivity contribution in [1.29, 1.82) is 0 Å². The zero-order valence-electron chi connectivity index (χ0n) is 11.8. The first-order valence-corrected chi connectivity index (χ1v) is 7.63. The Kier molecular flexibility index (Phi) is 6.32. The van der Waals surface area contributed by atoms with E-state index in [1.165, 1.54) is 19.1 Å². The van der Waals surface area contributed by atoms with E-state index in [-0.39, 0.29) is 46.6 Å². The van der Waals surface area contributed by atoms with Crippen LogP contribution in [0.4, 0.5) is 5.69 Å². The Morgan fingerprint density at radius 1 is 1.09 bits per heavy atom. The van der Waals surface area contributed by atoms with E-state index in [4.69, 9.17) is 4.74 Å². The average molecular weight is 347 g/mol. The van der Waals surface area contributed by atoms with Crippen molar-refractivity contribution in [3.8, 4) is 5.75 Å². The van der Waals surface area contributed by atoms with Crippen LogP contribution in [0.1, 0.15) is 13.8 Å². The van der Waals surface area contributed by atoms with Crippen LogP contribution in [0, 0.1) is 0 Å². The Morgan fingerprint density at radius 3 is 2.26 bits per heavy atom. The minimum absolute atomic E-state index is 0. The van der Waals surface area contributed by atoms with Gasteiger partial charge in [-0.25, -0.2) is 0 Å². The molecule has 0 heterocycles. The topological polar surface area (TPSA) is 110 Å². The van der Waals surface area contributed by atoms with Crippen LogP contribution < -0.4 is 10.1 Å². The number of nitrogens with one attached hydrogen (secondary N) is 1. The summed E-state index contributed by atoms with van der Waals surface area (Å²) in [4.78, 5) is 21.9. The van der Waals surface area contributed by atoms with Crippen molar-refractivity contribution in [2.75, 3.05) is 5.32 Å². The fourth-order valence-corrected chi connectivity index (χ4v) is 2.69. The van der Waals surface area contributed by atoms with Gasteiger partial charge in [0, 0.05) is 30.3 Å². The molecule has 0 unspecified atom stereocenters. The summed E-state index contributed by atoms with van der Waals surface area (Å²) in [7, 11) is -4.57. The molecular weight excluding hydrogens is 333 g/mol. The third kappa shape index (κ3) is 4.52. The van der Waals surface area contributed by atoms with Crippen LogP contribution in [-0.4, -0.2) is 54.4 Å². The molecule has 9 heteroatoms. The van der Waals surface area contributed by atoms with Crippen molar-refractivity contribution in [1.82, 2.24) is 0 Å². The zero-order chi connectivity index (χ0) is 16.5. The van der Waals surface area contributed by atoms with Gasteiger partial charge in [-0.05, 0) is 12.1 Å². The average Bonchev–Trinajstić information content (AvgIpc) is 2.37. The molecule has 2 rings (SSSR count). The van der Waals surface area contributed by atoms with Crippen molar-refractivity contribution in [3.63, 3.8) is 0 Å². The van der Waals surface area contributed by atoms with E-state index in [0.29, 0.717) is 11.1 Å². The molecule has 2 aromatic rings. The van der Waals surface area contributed by atoms with Crippen LogP contribution in [0.25, 0.3) is 10.8 Å². The molecule has 2 aromatic carbocycles. The molecule has 7 nitrogen and oxygen atoms in total. The van der Waals surface area contributed by atoms with Gasteiger partial charge in [-0.15, -0.1) is 0 Å². The van der Waals surface area contributed by atoms with E-state index in [9.17, 15) is 22.6 Å². The maximum absolute atomic E-state index is 11.4. The Morgan fingerprint density at radius 2 is 1.74 bits per heavy atom. The number of amides is 1. The summed E-state index contributed by atoms with van der Waals surface area (Å²) in [5.74, 6) is -1.32. The predicted octanol–water partition coefficient (Wildman–Crippen LogP) is 1.32. The summed E-state index contributed by atoms with van der Waals surface area (Å²) in [6.07, 6.45) is 0. The summed E-state index contributed by atoms with van der Waals surface area (Å²) < 4.78 is 37.1. The van der Waals surface area contributed by atoms with Gasteiger partial charge in [-0.2, -0.15) is 8.42 Å². The molecular formula is C14H14NNaO6S. The first-order chi connectivity index (χ1) is 10.2. The number of anilines is 1. The second-order valence-corrected chi connectivity index (χ2v) is 5.93. The van der Waals surface area contributed by atoms with Gasteiger partial charge >= 0.3 is 35.5 Å². The first-order valence-electron chi connectivity index (χ1n) is 6.19. The van der Waals surface area contributed by atoms with Crippen molar-refractivity contribution >= 4 is 68.0 Å². The predicted molar refractivity (Wildman–Crippen MR) is 86.5 cm³/mol. The third-order valence-electron chi connectivity index (χ3n) is 2.81. The number of hydrogen-bond donors (Lipinski definition) is 2. The van der Waals surface area contributed by atoms with Gasteiger partial charge in [0.2, 0.25) is 5.91 Å². The number of ether oxygens (including phenoxy) is 1. The summed E-state index contributed by atoms with van der Waals surface area (Å²) in [5.41, 5.74) is 0.431. The first kappa shape index (κ1) is 19.6. The Bertz CT molecular complexity index is 878. The molecule has 0 aliphatic carbocycles. The van der Waals surface area contributed by atoms with Gasteiger partial charge in [-0.1, -0.05) is 18.2 Å². The number of rotatable bonds is 3. The summed E-state index contributed by atoms with van der Waals surface area (Å²) in [6.45, 7) is 2.45. The fourth-order valence-electron chi connectivity index (χ4n) is 2.06. The van der Waals surface area contributed by atoms with Crippen molar-refractivity contribution in [2.45, 2.75) is 18.7 Å². The van der Waals surface area contributed by atoms with Crippen LogP contribution in [0.15, 0.2) is 35.2 Å². The van der Waals surface area contributed by atoms with Crippen LogP contribution in [-0.2, 0) is 19.7 Å². The molecule has 0 aromatic heterocycles. The second-order valence-electron chi connectivity index (χ2n) is 4.54. The molecule has 0 spiro atoms. The van der Waals surface area contributed by atoms with Gasteiger partial charge in [0.25, 0.3) is 10.1 Å². The molecule has 0 radical (unpaired) electrons. The monoisotopic (exact) mass is 347 g/mol. The molecule has 0 aliphatic heterocycles. The van der Waals surface area contributed by atoms with E-state index >= 15 is 0 Å². The van der Waals surface area contributed by atoms with Crippen LogP contribution in [0.2, 0.25) is 0 Å². The maximum atomic E-state index is 11.4. The number of benzene rings is 2. The van der Waals surface area contributed by atoms with Crippen molar-refractivity contribution < 1.29 is 27.3 Å². The molecule has 0 fully saturated rings. The second kappa shape index (κ2) is 7.41. The van der Waals surface area contributed by atoms with Gasteiger partial charge < -0.3 is 10.1 Å². The molecule has 118 valence electrons. The van der Waals surface area contributed by atoms with E-state index in [1.807, 2.05) is 0 Å². The number of fused-ring (bicyclic) bond motifs is 1. The van der Waals surface area contributed by atoms with E-state index < -0.39 is 21.0 Å². The van der Waals surface area contributed by atoms with Gasteiger partial charge in [0.15, 0.2) is 5.75 Å². The summed E-state index contributed by atoms with van der Waals surface area (Å²) >= 11 is 0. The van der Waals surface area contributed by atoms with E-state index in [1.54, 1.807) is 12.1 Å². The normalized spacial score (nSPS) is 10.7. The van der Waals surface area contributed by atoms with Gasteiger partial charge in [0.1, 0.15) is 4.90 Å². The molecule has 0 saturated carbocycles. The molecule has 0 bridgehead atoms. The van der Waals surface area contributed by atoms with Crippen LogP contribution >= 0.6 is 0 Å². The molecule has 1 amide bonds. The van der Waals surface area contributed by atoms with Crippen molar-refractivity contribution in [2.24, 2.45) is 0 Å². The molecule has 0 saturated heterocycles. The number of esters is 1. The summed E-state index contributed by atoms with van der Waals surface area (Å²) in [5, 5.41) is 3.34. The van der Waals surface area contributed by atoms with Gasteiger partial charge in [-0.3, -0.25) is 14.1 Å². The SMILES string of the molecule is CC(=O)Nc1cccc2c(OC(C)=O)c(S(=O)(=O)O)ccc12.[NaH]. The fraction of sp³-hybridized carbons (Fsp3) is 0.143. The van der Waals surface area contributed by atoms with Gasteiger partial charge in [0.05, 0.1) is 0 Å². The van der Waals surface area contributed by atoms with Crippen LogP contribution in [0.5, 0.6) is 5.75 Å². The molecule has 0 atom stereocenters. The third-order valence-corrected chi connectivity index (χ3v) is 3.69. The Balaban J connectivity index is 0.00000264. The minimum atomic E-state index is -4.57. The standard InChI is InChI=1S/C14H13NO6S.Na.H/c1-8(16)15-12-5-3-4-11-10(12)6-7-13(22(18,19)20)14(11)21-9(2)17;;/h3-7H,1-2H3,(H,15,16)(H,18,19,20);;. The summed E-state index contributed by atoms with van der Waals surface area (Å²) in [6, 6.07) is 7.23. The van der Waals surface area contributed by atoms with E-state index in [0.717, 1.165) is 13.0 Å². The molecule has 0 aliphatic rings. The quantitative estimate of drug-likeness (QED) is 0.375. The van der Waals surface area contributed by atoms with Crippen LogP contribution in [0.3, 0.4) is 0 Å². The zero-order valence-corrected chi connectivity index (χ0v) is 12.6.